The van der Waals surface area contributed by atoms with Crippen molar-refractivity contribution < 1.29 is 52.9 Å². The maximum absolute atomic E-state index is 15.5. The number of hydrogen-bond acceptors (Lipinski definition) is 13. The molecule has 0 fully saturated rings. The summed E-state index contributed by atoms with van der Waals surface area (Å²) in [5.41, 5.74) is 10.4. The number of alkyl carbamates (subject to hydrolysis) is 1. The molecule has 0 saturated carbocycles. The number of imidazole rings is 1. The average molecular weight is 1070 g/mol. The Morgan fingerprint density at radius 1 is 0.766 bits per heavy atom. The number of aromatic amines is 1. The number of nitrogens with one attached hydrogen (secondary N) is 5. The van der Waals surface area contributed by atoms with E-state index in [1.165, 1.54) is 19.6 Å². The van der Waals surface area contributed by atoms with Gasteiger partial charge in [0.2, 0.25) is 17.7 Å². The fourth-order valence-corrected chi connectivity index (χ4v) is 9.55. The van der Waals surface area contributed by atoms with Crippen molar-refractivity contribution >= 4 is 41.8 Å². The number of amides is 6. The zero-order chi connectivity index (χ0) is 56.6. The van der Waals surface area contributed by atoms with Gasteiger partial charge in [-0.05, 0) is 85.6 Å². The highest BCUT2D eigenvalue weighted by molar-refractivity contribution is 5.98. The van der Waals surface area contributed by atoms with Crippen LogP contribution in [0.15, 0.2) is 91.4 Å². The number of esters is 1. The topological polar surface area (TPSA) is 273 Å². The van der Waals surface area contributed by atoms with Gasteiger partial charge in [-0.15, -0.1) is 0 Å². The van der Waals surface area contributed by atoms with E-state index in [1.54, 1.807) is 27.7 Å². The van der Waals surface area contributed by atoms with Gasteiger partial charge in [0.05, 0.1) is 50.1 Å². The van der Waals surface area contributed by atoms with Gasteiger partial charge in [-0.1, -0.05) is 127 Å². The molecule has 1 unspecified atom stereocenters. The molecule has 77 heavy (non-hydrogen) atoms. The van der Waals surface area contributed by atoms with Gasteiger partial charge in [0.15, 0.2) is 0 Å². The molecule has 1 aliphatic carbocycles. The highest BCUT2D eigenvalue weighted by atomic mass is 16.6. The van der Waals surface area contributed by atoms with Gasteiger partial charge < -0.3 is 51.3 Å². The van der Waals surface area contributed by atoms with Crippen LogP contribution in [-0.4, -0.2) is 123 Å². The summed E-state index contributed by atoms with van der Waals surface area (Å²) in [6, 6.07) is 17.3. The predicted octanol–water partition coefficient (Wildman–Crippen LogP) is 6.47. The van der Waals surface area contributed by atoms with Crippen molar-refractivity contribution in [3.63, 3.8) is 0 Å². The number of carbonyl (C=O) groups is 7. The lowest BCUT2D eigenvalue weighted by atomic mass is 9.92. The van der Waals surface area contributed by atoms with Crippen LogP contribution in [-0.2, 0) is 51.0 Å². The van der Waals surface area contributed by atoms with Crippen LogP contribution in [0.25, 0.3) is 11.1 Å². The Bertz CT molecular complexity index is 2560. The van der Waals surface area contributed by atoms with Crippen molar-refractivity contribution in [3.05, 3.63) is 114 Å². The molecule has 0 bridgehead atoms. The molecular formula is C58H80N8O11. The lowest BCUT2D eigenvalue weighted by Gasteiger charge is -2.39. The third-order valence-corrected chi connectivity index (χ3v) is 13.6. The lowest BCUT2D eigenvalue weighted by Crippen LogP contribution is -2.63. The number of carbonyl (C=O) groups excluding carboxylic acids is 7. The number of aromatic nitrogens is 2. The summed E-state index contributed by atoms with van der Waals surface area (Å²) < 4.78 is 16.8. The minimum Gasteiger partial charge on any atom is -0.469 e. The van der Waals surface area contributed by atoms with E-state index < -0.39 is 102 Å². The quantitative estimate of drug-likeness (QED) is 0.0263. The molecule has 19 heteroatoms. The van der Waals surface area contributed by atoms with Gasteiger partial charge in [0.25, 0.3) is 5.91 Å². The average Bonchev–Trinajstić information content (AvgIpc) is 4.05. The fraction of sp³-hybridized carbons (Fsp3) is 0.517. The molecule has 0 aliphatic heterocycles. The normalized spacial score (nSPS) is 15.3. The van der Waals surface area contributed by atoms with E-state index >= 15 is 4.79 Å². The molecule has 6 amide bonds. The van der Waals surface area contributed by atoms with Gasteiger partial charge >= 0.3 is 18.2 Å². The number of aliphatic hydroxyl groups is 1. The molecule has 3 aromatic carbocycles. The third-order valence-electron chi connectivity index (χ3n) is 13.6. The number of hydrogen-bond donors (Lipinski definition) is 7. The second kappa shape index (κ2) is 28.3. The van der Waals surface area contributed by atoms with Crippen LogP contribution in [0, 0.1) is 17.8 Å². The second-order valence-corrected chi connectivity index (χ2v) is 21.8. The van der Waals surface area contributed by atoms with Crippen LogP contribution >= 0.6 is 0 Å². The number of methoxy groups -OCH3 is 1. The van der Waals surface area contributed by atoms with Crippen LogP contribution in [0.2, 0.25) is 0 Å². The Morgan fingerprint density at radius 3 is 1.94 bits per heavy atom. The first-order valence-corrected chi connectivity index (χ1v) is 26.6. The van der Waals surface area contributed by atoms with Gasteiger partial charge in [-0.3, -0.25) is 24.0 Å². The molecule has 8 N–H and O–H groups in total. The molecule has 0 radical (unpaired) electrons. The Kier molecular flexibility index (Phi) is 22.3. The van der Waals surface area contributed by atoms with Crippen LogP contribution in [0.5, 0.6) is 0 Å². The van der Waals surface area contributed by atoms with Crippen LogP contribution < -0.4 is 27.0 Å². The van der Waals surface area contributed by atoms with E-state index in [0.717, 1.165) is 32.7 Å². The number of nitrogens with two attached hydrogens (primary N) is 1. The smallest absolute Gasteiger partial charge is 0.417 e. The molecule has 0 spiro atoms. The predicted molar refractivity (Wildman–Crippen MR) is 291 cm³/mol. The summed E-state index contributed by atoms with van der Waals surface area (Å²) in [7, 11) is 1.20. The summed E-state index contributed by atoms with van der Waals surface area (Å²) in [4.78, 5) is 108. The lowest BCUT2D eigenvalue weighted by molar-refractivity contribution is -0.144. The van der Waals surface area contributed by atoms with Crippen molar-refractivity contribution in [2.45, 2.75) is 161 Å². The third kappa shape index (κ3) is 17.7. The molecule has 1 aliphatic rings. The van der Waals surface area contributed by atoms with E-state index in [0.29, 0.717) is 18.5 Å². The first-order valence-electron chi connectivity index (χ1n) is 26.6. The number of nitrogens with zero attached hydrogens (tertiary/aromatic N) is 2. The largest absolute Gasteiger partial charge is 0.469 e. The number of ether oxygens (including phenoxy) is 3. The Labute approximate surface area is 452 Å². The number of rotatable bonds is 26. The van der Waals surface area contributed by atoms with E-state index in [4.69, 9.17) is 19.9 Å². The van der Waals surface area contributed by atoms with Crippen molar-refractivity contribution in [1.82, 2.24) is 36.1 Å². The highest BCUT2D eigenvalue weighted by Gasteiger charge is 2.44. The van der Waals surface area contributed by atoms with Crippen molar-refractivity contribution in [2.24, 2.45) is 23.5 Å². The van der Waals surface area contributed by atoms with Crippen LogP contribution in [0.4, 0.5) is 9.59 Å². The highest BCUT2D eigenvalue weighted by Crippen LogP contribution is 2.44. The van der Waals surface area contributed by atoms with Crippen molar-refractivity contribution in [3.8, 4) is 11.1 Å². The summed E-state index contributed by atoms with van der Waals surface area (Å²) in [6.45, 7) is 15.8. The molecule has 0 saturated heterocycles. The van der Waals surface area contributed by atoms with Gasteiger partial charge in [-0.25, -0.2) is 19.5 Å². The minimum absolute atomic E-state index is 0.00489. The summed E-state index contributed by atoms with van der Waals surface area (Å²) in [5.74, 6) is -4.80. The molecule has 1 aromatic heterocycles. The van der Waals surface area contributed by atoms with Crippen molar-refractivity contribution in [2.75, 3.05) is 13.7 Å². The molecule has 418 valence electrons. The van der Waals surface area contributed by atoms with Crippen LogP contribution in [0.1, 0.15) is 123 Å². The molecule has 8 atom stereocenters. The maximum Gasteiger partial charge on any atom is 0.417 e. The van der Waals surface area contributed by atoms with E-state index in [-0.39, 0.29) is 50.0 Å². The van der Waals surface area contributed by atoms with Gasteiger partial charge in [0.1, 0.15) is 24.3 Å². The molecule has 5 rings (SSSR count). The van der Waals surface area contributed by atoms with Crippen molar-refractivity contribution in [1.29, 1.82) is 0 Å². The Balaban J connectivity index is 1.57. The van der Waals surface area contributed by atoms with E-state index in [9.17, 15) is 33.9 Å². The number of fused-ring (bicyclic) bond motifs is 3. The molecule has 19 nitrogen and oxygen atoms in total. The van der Waals surface area contributed by atoms with Gasteiger partial charge in [0, 0.05) is 30.7 Å². The number of aliphatic hydroxyl groups excluding tert-OH is 1. The summed E-state index contributed by atoms with van der Waals surface area (Å²) in [5, 5.41) is 22.5. The fourth-order valence-electron chi connectivity index (χ4n) is 9.55. The SMILES string of the molecule is CC[C@H](C)[C@H](NC(=O)CC(NC(=O)OCC1c2ccccc2-c2ccccc21)[C@H](CC(C)C)N(C(=O)OC(C)(C)C)C(=O)[C@H](Cc1cnc[nH]1)NC(=O)[C@@H](N)Cc1ccccc1)C(=O)N[C@@H](CC(C)C)[C@@H](O)CC(=O)OC. The zero-order valence-electron chi connectivity index (χ0n) is 46.2. The molecule has 1 heterocycles. The summed E-state index contributed by atoms with van der Waals surface area (Å²) >= 11 is 0. The number of imide groups is 1. The molecule has 4 aromatic rings. The Morgan fingerprint density at radius 2 is 1.38 bits per heavy atom. The van der Waals surface area contributed by atoms with Gasteiger partial charge in [-0.2, -0.15) is 0 Å². The Hall–Kier alpha value is -7.12. The van der Waals surface area contributed by atoms with E-state index in [2.05, 4.69) is 31.2 Å². The van der Waals surface area contributed by atoms with E-state index in [1.807, 2.05) is 113 Å². The first kappa shape index (κ1) is 60.7. The van der Waals surface area contributed by atoms with Crippen LogP contribution in [0.3, 0.4) is 0 Å². The first-order chi connectivity index (χ1) is 36.5. The zero-order valence-corrected chi connectivity index (χ0v) is 46.2. The number of H-pyrrole nitrogens is 1. The monoisotopic (exact) mass is 1060 g/mol. The minimum atomic E-state index is -1.47. The number of benzene rings is 3. The standard InChI is InChI=1S/C58H80N8O11/c1-11-36(6)52(54(71)62-46(25-34(2)3)49(67)30-51(69)75-10)65-50(68)29-45(64-56(73)76-32-43-41-23-17-15-21-39(41)40-22-16-18-24-42(40)43)48(26-35(4)5)66(57(74)77-58(7,8)9)55(72)47(28-38-31-60-33-61-38)63-53(70)44(59)27-37-19-13-12-14-20-37/h12-24,31,33-36,43-49,52,67H,11,25-30,32,59H2,1-10H3,(H,60,61)(H,62,71)(H,63,70)(H,64,73)(H,65,68)/t36-,44-,45?,46-,47-,48-,49-,52-/m0/s1. The summed E-state index contributed by atoms with van der Waals surface area (Å²) in [6.07, 6.45) is -0.826. The molecular weight excluding hydrogens is 985 g/mol. The second-order valence-electron chi connectivity index (χ2n) is 21.8. The maximum atomic E-state index is 15.5.